The average Bonchev–Trinajstić information content (AvgIpc) is 2.56. The molecule has 2 aromatic rings. The van der Waals surface area contributed by atoms with Crippen LogP contribution >= 0.6 is 0 Å². The quantitative estimate of drug-likeness (QED) is 0.723. The molecule has 0 aromatic heterocycles. The van der Waals surface area contributed by atoms with E-state index in [2.05, 4.69) is 10.6 Å². The first-order valence-electron chi connectivity index (χ1n) is 7.67. The van der Waals surface area contributed by atoms with Crippen LogP contribution in [-0.2, 0) is 17.6 Å². The first kappa shape index (κ1) is 17.5. The van der Waals surface area contributed by atoms with Crippen LogP contribution in [0.2, 0.25) is 0 Å². The monoisotopic (exact) mass is 329 g/mol. The Morgan fingerprint density at radius 2 is 1.71 bits per heavy atom. The molecule has 24 heavy (non-hydrogen) atoms. The highest BCUT2D eigenvalue weighted by Gasteiger charge is 2.19. The largest absolute Gasteiger partial charge is 0.354 e. The minimum absolute atomic E-state index is 0.269. The van der Waals surface area contributed by atoms with Gasteiger partial charge in [-0.25, -0.2) is 9.18 Å². The highest BCUT2D eigenvalue weighted by atomic mass is 19.1. The summed E-state index contributed by atoms with van der Waals surface area (Å²) in [6.07, 6.45) is 0.697. The Balaban J connectivity index is 1.92. The molecule has 0 fully saturated rings. The van der Waals surface area contributed by atoms with Crippen molar-refractivity contribution in [1.82, 2.24) is 10.6 Å². The minimum atomic E-state index is -0.773. The maximum atomic E-state index is 13.5. The fraction of sp³-hybridized carbons (Fsp3) is 0.222. The first-order chi connectivity index (χ1) is 11.6. The van der Waals surface area contributed by atoms with Crippen molar-refractivity contribution in [3.8, 4) is 0 Å². The SMILES string of the molecule is NC(=O)N[C@@H](Cc1ccccc1)C(=O)NCCc1ccccc1F. The summed E-state index contributed by atoms with van der Waals surface area (Å²) in [5.41, 5.74) is 6.58. The van der Waals surface area contributed by atoms with Crippen LogP contribution in [0, 0.1) is 5.82 Å². The lowest BCUT2D eigenvalue weighted by atomic mass is 10.1. The number of nitrogens with one attached hydrogen (secondary N) is 2. The highest BCUT2D eigenvalue weighted by Crippen LogP contribution is 2.07. The van der Waals surface area contributed by atoms with Gasteiger partial charge in [-0.15, -0.1) is 0 Å². The Bertz CT molecular complexity index is 692. The summed E-state index contributed by atoms with van der Waals surface area (Å²) < 4.78 is 13.5. The van der Waals surface area contributed by atoms with Crippen molar-refractivity contribution in [1.29, 1.82) is 0 Å². The number of carbonyl (C=O) groups excluding carboxylic acids is 2. The first-order valence-corrected chi connectivity index (χ1v) is 7.67. The van der Waals surface area contributed by atoms with Gasteiger partial charge < -0.3 is 16.4 Å². The van der Waals surface area contributed by atoms with E-state index in [1.54, 1.807) is 18.2 Å². The number of hydrogen-bond acceptors (Lipinski definition) is 2. The van der Waals surface area contributed by atoms with Gasteiger partial charge in [-0.2, -0.15) is 0 Å². The molecule has 5 nitrogen and oxygen atoms in total. The maximum Gasteiger partial charge on any atom is 0.312 e. The summed E-state index contributed by atoms with van der Waals surface area (Å²) in [5, 5.41) is 5.15. The van der Waals surface area contributed by atoms with Crippen molar-refractivity contribution in [2.75, 3.05) is 6.54 Å². The van der Waals surface area contributed by atoms with Gasteiger partial charge in [-0.05, 0) is 23.6 Å². The molecule has 0 unspecified atom stereocenters. The highest BCUT2D eigenvalue weighted by molar-refractivity contribution is 5.86. The maximum absolute atomic E-state index is 13.5. The van der Waals surface area contributed by atoms with Crippen LogP contribution in [0.3, 0.4) is 0 Å². The molecule has 3 amide bonds. The number of rotatable bonds is 7. The molecule has 0 bridgehead atoms. The van der Waals surface area contributed by atoms with Crippen molar-refractivity contribution < 1.29 is 14.0 Å². The summed E-state index contributed by atoms with van der Waals surface area (Å²) in [4.78, 5) is 23.4. The van der Waals surface area contributed by atoms with Crippen LogP contribution in [0.15, 0.2) is 54.6 Å². The van der Waals surface area contributed by atoms with Crippen molar-refractivity contribution >= 4 is 11.9 Å². The average molecular weight is 329 g/mol. The van der Waals surface area contributed by atoms with E-state index < -0.39 is 12.1 Å². The van der Waals surface area contributed by atoms with E-state index in [1.165, 1.54) is 6.07 Å². The molecule has 0 aliphatic heterocycles. The van der Waals surface area contributed by atoms with E-state index in [1.807, 2.05) is 30.3 Å². The van der Waals surface area contributed by atoms with Gasteiger partial charge in [-0.1, -0.05) is 48.5 Å². The molecule has 4 N–H and O–H groups in total. The summed E-state index contributed by atoms with van der Waals surface area (Å²) in [5.74, 6) is -0.656. The molecule has 1 atom stereocenters. The molecular weight excluding hydrogens is 309 g/mol. The second-order valence-corrected chi connectivity index (χ2v) is 5.38. The van der Waals surface area contributed by atoms with Crippen molar-refractivity contribution in [3.63, 3.8) is 0 Å². The Kier molecular flexibility index (Phi) is 6.31. The third-order valence-electron chi connectivity index (χ3n) is 3.57. The van der Waals surface area contributed by atoms with Crippen LogP contribution in [0.25, 0.3) is 0 Å². The third-order valence-corrected chi connectivity index (χ3v) is 3.57. The van der Waals surface area contributed by atoms with Gasteiger partial charge in [-0.3, -0.25) is 4.79 Å². The zero-order valence-electron chi connectivity index (χ0n) is 13.2. The predicted octanol–water partition coefficient (Wildman–Crippen LogP) is 1.76. The van der Waals surface area contributed by atoms with E-state index in [9.17, 15) is 14.0 Å². The Hall–Kier alpha value is -2.89. The fourth-order valence-electron chi connectivity index (χ4n) is 2.38. The van der Waals surface area contributed by atoms with Crippen LogP contribution in [0.1, 0.15) is 11.1 Å². The second kappa shape index (κ2) is 8.67. The number of benzene rings is 2. The molecule has 0 saturated heterocycles. The van der Waals surface area contributed by atoms with Crippen LogP contribution in [0.4, 0.5) is 9.18 Å². The number of primary amides is 1. The molecule has 6 heteroatoms. The molecule has 0 aliphatic rings. The lowest BCUT2D eigenvalue weighted by Gasteiger charge is -2.17. The van der Waals surface area contributed by atoms with Gasteiger partial charge in [0.05, 0.1) is 0 Å². The van der Waals surface area contributed by atoms with E-state index in [4.69, 9.17) is 5.73 Å². The van der Waals surface area contributed by atoms with E-state index >= 15 is 0 Å². The molecule has 0 heterocycles. The van der Waals surface area contributed by atoms with E-state index in [-0.39, 0.29) is 18.3 Å². The van der Waals surface area contributed by atoms with Gasteiger partial charge in [0.2, 0.25) is 5.91 Å². The number of carbonyl (C=O) groups is 2. The lowest BCUT2D eigenvalue weighted by Crippen LogP contribution is -2.50. The minimum Gasteiger partial charge on any atom is -0.354 e. The zero-order valence-corrected chi connectivity index (χ0v) is 13.2. The number of urea groups is 1. The standard InChI is InChI=1S/C18H20FN3O2/c19-15-9-5-4-8-14(15)10-11-21-17(23)16(22-18(20)24)12-13-6-2-1-3-7-13/h1-9,16H,10-12H2,(H,21,23)(H3,20,22,24)/t16-/m0/s1. The summed E-state index contributed by atoms with van der Waals surface area (Å²) in [6.45, 7) is 0.269. The molecule has 0 spiro atoms. The summed E-state index contributed by atoms with van der Waals surface area (Å²) >= 11 is 0. The van der Waals surface area contributed by atoms with E-state index in [0.717, 1.165) is 5.56 Å². The van der Waals surface area contributed by atoms with Gasteiger partial charge in [0, 0.05) is 13.0 Å². The summed E-state index contributed by atoms with van der Waals surface area (Å²) in [7, 11) is 0. The Morgan fingerprint density at radius 3 is 2.38 bits per heavy atom. The number of halogens is 1. The third kappa shape index (κ3) is 5.39. The van der Waals surface area contributed by atoms with Crippen molar-refractivity contribution in [3.05, 3.63) is 71.5 Å². The second-order valence-electron chi connectivity index (χ2n) is 5.38. The van der Waals surface area contributed by atoms with Crippen molar-refractivity contribution in [2.45, 2.75) is 18.9 Å². The Morgan fingerprint density at radius 1 is 1.04 bits per heavy atom. The molecule has 0 aliphatic carbocycles. The van der Waals surface area contributed by atoms with E-state index in [0.29, 0.717) is 18.4 Å². The number of amides is 3. The topological polar surface area (TPSA) is 84.2 Å². The molecule has 2 aromatic carbocycles. The van der Waals surface area contributed by atoms with Crippen LogP contribution in [0.5, 0.6) is 0 Å². The van der Waals surface area contributed by atoms with Gasteiger partial charge in [0.15, 0.2) is 0 Å². The lowest BCUT2D eigenvalue weighted by molar-refractivity contribution is -0.122. The number of hydrogen-bond donors (Lipinski definition) is 3. The molecule has 126 valence electrons. The number of nitrogens with two attached hydrogens (primary N) is 1. The van der Waals surface area contributed by atoms with Crippen LogP contribution in [-0.4, -0.2) is 24.5 Å². The predicted molar refractivity (Wildman–Crippen MR) is 89.8 cm³/mol. The van der Waals surface area contributed by atoms with Crippen LogP contribution < -0.4 is 16.4 Å². The van der Waals surface area contributed by atoms with Gasteiger partial charge in [0.1, 0.15) is 11.9 Å². The molecule has 0 radical (unpaired) electrons. The van der Waals surface area contributed by atoms with Gasteiger partial charge >= 0.3 is 6.03 Å². The molecular formula is C18H20FN3O2. The smallest absolute Gasteiger partial charge is 0.312 e. The Labute approximate surface area is 140 Å². The zero-order chi connectivity index (χ0) is 17.4. The fourth-order valence-corrected chi connectivity index (χ4v) is 2.38. The molecule has 2 rings (SSSR count). The summed E-state index contributed by atoms with van der Waals surface area (Å²) in [6, 6.07) is 14.2. The van der Waals surface area contributed by atoms with Crippen molar-refractivity contribution in [2.24, 2.45) is 5.73 Å². The molecule has 0 saturated carbocycles. The normalized spacial score (nSPS) is 11.5. The van der Waals surface area contributed by atoms with Gasteiger partial charge in [0.25, 0.3) is 0 Å².